The molecule has 148 valence electrons. The Kier molecular flexibility index (Phi) is 6.95. The van der Waals surface area contributed by atoms with Crippen LogP contribution < -0.4 is 15.4 Å². The molecule has 0 bridgehead atoms. The molecule has 0 aliphatic rings. The summed E-state index contributed by atoms with van der Waals surface area (Å²) in [7, 11) is 0. The van der Waals surface area contributed by atoms with Crippen LogP contribution in [0.5, 0.6) is 11.5 Å². The van der Waals surface area contributed by atoms with Crippen LogP contribution in [0.1, 0.15) is 40.7 Å². The molecule has 0 radical (unpaired) electrons. The first-order chi connectivity index (χ1) is 14.2. The summed E-state index contributed by atoms with van der Waals surface area (Å²) < 4.78 is 5.74. The van der Waals surface area contributed by atoms with E-state index in [9.17, 15) is 9.59 Å². The minimum Gasteiger partial charge on any atom is -0.457 e. The number of aromatic nitrogens is 1. The fourth-order valence-electron chi connectivity index (χ4n) is 2.58. The summed E-state index contributed by atoms with van der Waals surface area (Å²) in [5, 5.41) is 5.57. The zero-order valence-corrected chi connectivity index (χ0v) is 16.2. The minimum atomic E-state index is -0.384. The van der Waals surface area contributed by atoms with E-state index in [-0.39, 0.29) is 23.2 Å². The number of para-hydroxylation sites is 1. The minimum absolute atomic E-state index is 0.178. The third-order valence-electron chi connectivity index (χ3n) is 4.12. The predicted molar refractivity (Wildman–Crippen MR) is 112 cm³/mol. The first kappa shape index (κ1) is 20.1. The number of pyridine rings is 1. The molecule has 0 aliphatic heterocycles. The number of amides is 2. The van der Waals surface area contributed by atoms with Crippen molar-refractivity contribution in [3.63, 3.8) is 0 Å². The molecule has 3 rings (SSSR count). The maximum absolute atomic E-state index is 12.5. The van der Waals surface area contributed by atoms with Gasteiger partial charge in [-0.2, -0.15) is 0 Å². The first-order valence-corrected chi connectivity index (χ1v) is 9.55. The average molecular weight is 389 g/mol. The van der Waals surface area contributed by atoms with E-state index in [0.29, 0.717) is 18.0 Å². The Morgan fingerprint density at radius 2 is 1.48 bits per heavy atom. The average Bonchev–Trinajstić information content (AvgIpc) is 2.76. The third-order valence-corrected chi connectivity index (χ3v) is 4.12. The van der Waals surface area contributed by atoms with E-state index in [2.05, 4.69) is 22.5 Å². The lowest BCUT2D eigenvalue weighted by Gasteiger charge is -2.09. The van der Waals surface area contributed by atoms with E-state index in [4.69, 9.17) is 4.74 Å². The fourth-order valence-corrected chi connectivity index (χ4v) is 2.58. The van der Waals surface area contributed by atoms with E-state index in [1.807, 2.05) is 30.3 Å². The second-order valence-electron chi connectivity index (χ2n) is 6.41. The zero-order valence-electron chi connectivity index (χ0n) is 16.2. The Balaban J connectivity index is 1.61. The maximum Gasteiger partial charge on any atom is 0.274 e. The van der Waals surface area contributed by atoms with Gasteiger partial charge in [-0.3, -0.25) is 9.59 Å². The van der Waals surface area contributed by atoms with Gasteiger partial charge >= 0.3 is 0 Å². The van der Waals surface area contributed by atoms with Crippen LogP contribution in [0.2, 0.25) is 0 Å². The Morgan fingerprint density at radius 3 is 2.17 bits per heavy atom. The number of nitrogens with one attached hydrogen (secondary N) is 2. The highest BCUT2D eigenvalue weighted by Crippen LogP contribution is 2.22. The molecule has 0 saturated heterocycles. The van der Waals surface area contributed by atoms with Crippen molar-refractivity contribution in [2.24, 2.45) is 0 Å². The number of rotatable bonds is 8. The molecule has 0 saturated carbocycles. The van der Waals surface area contributed by atoms with E-state index in [0.717, 1.165) is 18.6 Å². The van der Waals surface area contributed by atoms with Crippen LogP contribution in [0.25, 0.3) is 0 Å². The lowest BCUT2D eigenvalue weighted by atomic mass is 10.2. The number of unbranched alkanes of at least 4 members (excludes halogenated alkanes) is 1. The number of hydrogen-bond donors (Lipinski definition) is 2. The summed E-state index contributed by atoms with van der Waals surface area (Å²) >= 11 is 0. The van der Waals surface area contributed by atoms with E-state index >= 15 is 0 Å². The normalized spacial score (nSPS) is 10.2. The highest BCUT2D eigenvalue weighted by Gasteiger charge is 2.12. The van der Waals surface area contributed by atoms with Crippen LogP contribution in [0.4, 0.5) is 5.69 Å². The lowest BCUT2D eigenvalue weighted by molar-refractivity contribution is 0.0948. The fraction of sp³-hybridized carbons (Fsp3) is 0.174. The SMILES string of the molecule is CCCCNC(=O)c1cccc(C(=O)Nc2ccc(Oc3ccccc3)cc2)n1. The molecule has 2 aromatic carbocycles. The number of benzene rings is 2. The second-order valence-corrected chi connectivity index (χ2v) is 6.41. The highest BCUT2D eigenvalue weighted by atomic mass is 16.5. The van der Waals surface area contributed by atoms with Gasteiger partial charge < -0.3 is 15.4 Å². The first-order valence-electron chi connectivity index (χ1n) is 9.55. The van der Waals surface area contributed by atoms with Crippen LogP contribution in [0, 0.1) is 0 Å². The van der Waals surface area contributed by atoms with Crippen molar-refractivity contribution in [2.45, 2.75) is 19.8 Å². The number of nitrogens with zero attached hydrogens (tertiary/aromatic N) is 1. The number of hydrogen-bond acceptors (Lipinski definition) is 4. The standard InChI is InChI=1S/C23H23N3O3/c1-2-3-16-24-22(27)20-10-7-11-21(26-20)23(28)25-17-12-14-19(15-13-17)29-18-8-5-4-6-9-18/h4-15H,2-3,16H2,1H3,(H,24,27)(H,25,28). The number of carbonyl (C=O) groups is 2. The molecule has 0 atom stereocenters. The summed E-state index contributed by atoms with van der Waals surface area (Å²) in [5.41, 5.74) is 1.01. The molecule has 6 heteroatoms. The van der Waals surface area contributed by atoms with Crippen LogP contribution in [0.3, 0.4) is 0 Å². The van der Waals surface area contributed by atoms with Crippen LogP contribution in [-0.2, 0) is 0 Å². The highest BCUT2D eigenvalue weighted by molar-refractivity contribution is 6.03. The van der Waals surface area contributed by atoms with Crippen molar-refractivity contribution in [2.75, 3.05) is 11.9 Å². The Hall–Kier alpha value is -3.67. The largest absolute Gasteiger partial charge is 0.457 e. The topological polar surface area (TPSA) is 80.3 Å². The van der Waals surface area contributed by atoms with Gasteiger partial charge in [0, 0.05) is 12.2 Å². The van der Waals surface area contributed by atoms with Gasteiger partial charge in [0.25, 0.3) is 11.8 Å². The van der Waals surface area contributed by atoms with Gasteiger partial charge in [-0.15, -0.1) is 0 Å². The molecule has 0 fully saturated rings. The number of carbonyl (C=O) groups excluding carboxylic acids is 2. The molecule has 1 aromatic heterocycles. The van der Waals surface area contributed by atoms with Gasteiger partial charge in [0.05, 0.1) is 0 Å². The van der Waals surface area contributed by atoms with Crippen LogP contribution >= 0.6 is 0 Å². The molecule has 0 aliphatic carbocycles. The van der Waals surface area contributed by atoms with E-state index in [1.165, 1.54) is 0 Å². The van der Waals surface area contributed by atoms with Gasteiger partial charge in [-0.1, -0.05) is 37.6 Å². The lowest BCUT2D eigenvalue weighted by Crippen LogP contribution is -2.26. The molecule has 6 nitrogen and oxygen atoms in total. The van der Waals surface area contributed by atoms with Crippen molar-refractivity contribution in [3.8, 4) is 11.5 Å². The summed E-state index contributed by atoms with van der Waals surface area (Å²) in [6, 6.07) is 21.3. The molecule has 2 amide bonds. The molecule has 1 heterocycles. The van der Waals surface area contributed by atoms with Crippen molar-refractivity contribution >= 4 is 17.5 Å². The van der Waals surface area contributed by atoms with Crippen LogP contribution in [0.15, 0.2) is 72.8 Å². The van der Waals surface area contributed by atoms with Gasteiger partial charge in [-0.05, 0) is 55.0 Å². The van der Waals surface area contributed by atoms with Gasteiger partial charge in [0.1, 0.15) is 22.9 Å². The molecule has 0 spiro atoms. The Bertz CT molecular complexity index is 957. The molecule has 2 N–H and O–H groups in total. The second kappa shape index (κ2) is 10.0. The summed E-state index contributed by atoms with van der Waals surface area (Å²) in [6.07, 6.45) is 1.89. The van der Waals surface area contributed by atoms with Crippen molar-refractivity contribution in [3.05, 3.63) is 84.2 Å². The van der Waals surface area contributed by atoms with Gasteiger partial charge in [-0.25, -0.2) is 4.98 Å². The summed E-state index contributed by atoms with van der Waals surface area (Å²) in [5.74, 6) is 0.737. The van der Waals surface area contributed by atoms with Gasteiger partial charge in [0.2, 0.25) is 0 Å². The van der Waals surface area contributed by atoms with Crippen molar-refractivity contribution < 1.29 is 14.3 Å². The van der Waals surface area contributed by atoms with Crippen molar-refractivity contribution in [1.29, 1.82) is 0 Å². The zero-order chi connectivity index (χ0) is 20.5. The molecular formula is C23H23N3O3. The quantitative estimate of drug-likeness (QED) is 0.549. The monoisotopic (exact) mass is 389 g/mol. The molecule has 0 unspecified atom stereocenters. The Labute approximate surface area is 169 Å². The molecular weight excluding hydrogens is 366 g/mol. The van der Waals surface area contributed by atoms with Crippen LogP contribution in [-0.4, -0.2) is 23.3 Å². The molecule has 29 heavy (non-hydrogen) atoms. The number of anilines is 1. The Morgan fingerprint density at radius 1 is 0.828 bits per heavy atom. The third kappa shape index (κ3) is 5.90. The smallest absolute Gasteiger partial charge is 0.274 e. The number of ether oxygens (including phenoxy) is 1. The van der Waals surface area contributed by atoms with Crippen molar-refractivity contribution in [1.82, 2.24) is 10.3 Å². The molecule has 3 aromatic rings. The summed E-state index contributed by atoms with van der Waals surface area (Å²) in [4.78, 5) is 28.8. The van der Waals surface area contributed by atoms with E-state index in [1.54, 1.807) is 42.5 Å². The van der Waals surface area contributed by atoms with Gasteiger partial charge in [0.15, 0.2) is 0 Å². The van der Waals surface area contributed by atoms with E-state index < -0.39 is 0 Å². The summed E-state index contributed by atoms with van der Waals surface area (Å²) in [6.45, 7) is 2.64. The maximum atomic E-state index is 12.5. The predicted octanol–water partition coefficient (Wildman–Crippen LogP) is 4.66.